The molecule has 0 radical (unpaired) electrons. The van der Waals surface area contributed by atoms with Gasteiger partial charge in [0.25, 0.3) is 11.8 Å². The fourth-order valence-corrected chi connectivity index (χ4v) is 3.77. The van der Waals surface area contributed by atoms with Gasteiger partial charge in [0.1, 0.15) is 5.76 Å². The lowest BCUT2D eigenvalue weighted by Crippen LogP contribution is -2.24. The van der Waals surface area contributed by atoms with E-state index in [2.05, 4.69) is 20.8 Å². The molecule has 2 aromatic heterocycles. The SMILES string of the molecule is Cc1ccccc1C(=O)N/N=C1\CCCc2oc(C(=O)NCc3cccnc3)c(C)c21. The summed E-state index contributed by atoms with van der Waals surface area (Å²) in [5.74, 6) is 0.486. The summed E-state index contributed by atoms with van der Waals surface area (Å²) in [6.45, 7) is 4.10. The fraction of sp³-hybridized carbons (Fsp3) is 0.250. The quantitative estimate of drug-likeness (QED) is 0.620. The first kappa shape index (κ1) is 20.5. The smallest absolute Gasteiger partial charge is 0.287 e. The van der Waals surface area contributed by atoms with E-state index in [1.165, 1.54) is 0 Å². The standard InChI is InChI=1S/C24H24N4O3/c1-15-7-3-4-9-18(15)23(29)28-27-19-10-5-11-20-21(19)16(2)22(31-20)24(30)26-14-17-8-6-12-25-13-17/h3-4,6-9,12-13H,5,10-11,14H2,1-2H3,(H,26,30)(H,28,29)/b27-19+. The summed E-state index contributed by atoms with van der Waals surface area (Å²) in [4.78, 5) is 29.3. The maximum atomic E-state index is 12.7. The topological polar surface area (TPSA) is 96.6 Å². The van der Waals surface area contributed by atoms with E-state index in [0.717, 1.165) is 46.6 Å². The molecule has 2 heterocycles. The van der Waals surface area contributed by atoms with Gasteiger partial charge in [0, 0.05) is 42.0 Å². The van der Waals surface area contributed by atoms with Crippen molar-refractivity contribution in [3.8, 4) is 0 Å². The predicted octanol–water partition coefficient (Wildman–Crippen LogP) is 3.69. The van der Waals surface area contributed by atoms with E-state index in [0.29, 0.717) is 18.5 Å². The first-order valence-electron chi connectivity index (χ1n) is 10.3. The van der Waals surface area contributed by atoms with Crippen molar-refractivity contribution < 1.29 is 14.0 Å². The van der Waals surface area contributed by atoms with Gasteiger partial charge >= 0.3 is 0 Å². The van der Waals surface area contributed by atoms with Crippen LogP contribution in [0.1, 0.15) is 61.8 Å². The number of hydrazone groups is 1. The number of hydrogen-bond acceptors (Lipinski definition) is 5. The van der Waals surface area contributed by atoms with Crippen molar-refractivity contribution in [1.82, 2.24) is 15.7 Å². The summed E-state index contributed by atoms with van der Waals surface area (Å²) in [5, 5.41) is 7.26. The van der Waals surface area contributed by atoms with Crippen LogP contribution in [0.15, 0.2) is 58.3 Å². The molecule has 0 fully saturated rings. The number of rotatable bonds is 5. The highest BCUT2D eigenvalue weighted by atomic mass is 16.4. The third-order valence-corrected chi connectivity index (χ3v) is 5.39. The Morgan fingerprint density at radius 2 is 1.94 bits per heavy atom. The van der Waals surface area contributed by atoms with Crippen LogP contribution in [0.25, 0.3) is 0 Å². The molecule has 2 amide bonds. The second kappa shape index (κ2) is 8.95. The lowest BCUT2D eigenvalue weighted by atomic mass is 9.93. The Bertz CT molecular complexity index is 1150. The molecule has 158 valence electrons. The number of carbonyl (C=O) groups excluding carboxylic acids is 2. The molecule has 0 saturated heterocycles. The van der Waals surface area contributed by atoms with Gasteiger partial charge in [0.05, 0.1) is 5.71 Å². The molecule has 0 bridgehead atoms. The number of amides is 2. The molecule has 0 saturated carbocycles. The molecule has 7 nitrogen and oxygen atoms in total. The molecule has 4 rings (SSSR count). The highest BCUT2D eigenvalue weighted by Gasteiger charge is 2.28. The summed E-state index contributed by atoms with van der Waals surface area (Å²) < 4.78 is 5.91. The summed E-state index contributed by atoms with van der Waals surface area (Å²) in [7, 11) is 0. The van der Waals surface area contributed by atoms with Gasteiger partial charge in [-0.05, 0) is 49.9 Å². The Kier molecular flexibility index (Phi) is 5.93. The van der Waals surface area contributed by atoms with Crippen LogP contribution in [0.4, 0.5) is 0 Å². The van der Waals surface area contributed by atoms with Gasteiger partial charge in [-0.25, -0.2) is 5.43 Å². The summed E-state index contributed by atoms with van der Waals surface area (Å²) in [6.07, 6.45) is 5.68. The molecule has 1 aromatic carbocycles. The van der Waals surface area contributed by atoms with Crippen LogP contribution < -0.4 is 10.7 Å². The normalized spacial score (nSPS) is 14.2. The van der Waals surface area contributed by atoms with E-state index < -0.39 is 0 Å². The monoisotopic (exact) mass is 416 g/mol. The Morgan fingerprint density at radius 1 is 1.10 bits per heavy atom. The molecule has 2 N–H and O–H groups in total. The number of carbonyl (C=O) groups is 2. The second-order valence-corrected chi connectivity index (χ2v) is 7.57. The molecule has 0 aliphatic heterocycles. The number of nitrogens with one attached hydrogen (secondary N) is 2. The summed E-state index contributed by atoms with van der Waals surface area (Å²) in [5.41, 5.74) is 7.33. The average Bonchev–Trinajstić information content (AvgIpc) is 3.14. The number of aryl methyl sites for hydroxylation is 2. The second-order valence-electron chi connectivity index (χ2n) is 7.57. The van der Waals surface area contributed by atoms with E-state index in [4.69, 9.17) is 4.42 Å². The number of aromatic nitrogens is 1. The van der Waals surface area contributed by atoms with Crippen LogP contribution in [0.2, 0.25) is 0 Å². The van der Waals surface area contributed by atoms with E-state index in [9.17, 15) is 9.59 Å². The molecule has 0 unspecified atom stereocenters. The first-order valence-corrected chi connectivity index (χ1v) is 10.3. The lowest BCUT2D eigenvalue weighted by Gasteiger charge is -2.13. The zero-order valence-electron chi connectivity index (χ0n) is 17.6. The maximum Gasteiger partial charge on any atom is 0.287 e. The van der Waals surface area contributed by atoms with Crippen LogP contribution in [-0.4, -0.2) is 22.5 Å². The highest BCUT2D eigenvalue weighted by Crippen LogP contribution is 2.30. The van der Waals surface area contributed by atoms with Gasteiger partial charge in [-0.3, -0.25) is 14.6 Å². The number of furan rings is 1. The first-order chi connectivity index (χ1) is 15.0. The minimum Gasteiger partial charge on any atom is -0.455 e. The summed E-state index contributed by atoms with van der Waals surface area (Å²) >= 11 is 0. The van der Waals surface area contributed by atoms with Gasteiger partial charge in [-0.1, -0.05) is 24.3 Å². The summed E-state index contributed by atoms with van der Waals surface area (Å²) in [6, 6.07) is 11.1. The van der Waals surface area contributed by atoms with Crippen LogP contribution in [-0.2, 0) is 13.0 Å². The van der Waals surface area contributed by atoms with Crippen molar-refractivity contribution in [3.63, 3.8) is 0 Å². The van der Waals surface area contributed by atoms with E-state index >= 15 is 0 Å². The Balaban J connectivity index is 1.52. The van der Waals surface area contributed by atoms with E-state index in [1.807, 2.05) is 44.2 Å². The van der Waals surface area contributed by atoms with Crippen LogP contribution >= 0.6 is 0 Å². The molecule has 7 heteroatoms. The number of benzene rings is 1. The lowest BCUT2D eigenvalue weighted by molar-refractivity contribution is 0.0919. The van der Waals surface area contributed by atoms with Gasteiger partial charge in [0.2, 0.25) is 0 Å². The van der Waals surface area contributed by atoms with Gasteiger partial charge in [-0.15, -0.1) is 0 Å². The van der Waals surface area contributed by atoms with Crippen molar-refractivity contribution in [2.75, 3.05) is 0 Å². The third-order valence-electron chi connectivity index (χ3n) is 5.39. The van der Waals surface area contributed by atoms with Crippen LogP contribution in [0.3, 0.4) is 0 Å². The zero-order chi connectivity index (χ0) is 21.8. The Labute approximate surface area is 180 Å². The van der Waals surface area contributed by atoms with Crippen molar-refractivity contribution in [2.24, 2.45) is 5.10 Å². The predicted molar refractivity (Wildman–Crippen MR) is 117 cm³/mol. The van der Waals surface area contributed by atoms with E-state index in [-0.39, 0.29) is 17.6 Å². The zero-order valence-corrected chi connectivity index (χ0v) is 17.6. The van der Waals surface area contributed by atoms with E-state index in [1.54, 1.807) is 18.5 Å². The molecular weight excluding hydrogens is 392 g/mol. The number of hydrogen-bond donors (Lipinski definition) is 2. The largest absolute Gasteiger partial charge is 0.455 e. The van der Waals surface area contributed by atoms with Gasteiger partial charge in [0.15, 0.2) is 5.76 Å². The Morgan fingerprint density at radius 3 is 2.71 bits per heavy atom. The Hall–Kier alpha value is -3.74. The fourth-order valence-electron chi connectivity index (χ4n) is 3.77. The van der Waals surface area contributed by atoms with Gasteiger partial charge in [-0.2, -0.15) is 5.10 Å². The number of fused-ring (bicyclic) bond motifs is 1. The number of nitrogens with zero attached hydrogens (tertiary/aromatic N) is 2. The molecule has 0 spiro atoms. The molecule has 1 aliphatic rings. The van der Waals surface area contributed by atoms with Crippen molar-refractivity contribution in [2.45, 2.75) is 39.7 Å². The molecule has 1 aliphatic carbocycles. The molecule has 3 aromatic rings. The highest BCUT2D eigenvalue weighted by molar-refractivity contribution is 6.07. The maximum absolute atomic E-state index is 12.7. The van der Waals surface area contributed by atoms with Crippen molar-refractivity contribution in [1.29, 1.82) is 0 Å². The molecule has 31 heavy (non-hydrogen) atoms. The minimum atomic E-state index is -0.279. The van der Waals surface area contributed by atoms with Crippen molar-refractivity contribution >= 4 is 17.5 Å². The minimum absolute atomic E-state index is 0.256. The molecular formula is C24H24N4O3. The third kappa shape index (κ3) is 4.40. The van der Waals surface area contributed by atoms with Gasteiger partial charge < -0.3 is 9.73 Å². The van der Waals surface area contributed by atoms with Crippen LogP contribution in [0.5, 0.6) is 0 Å². The average molecular weight is 416 g/mol. The van der Waals surface area contributed by atoms with Crippen LogP contribution in [0, 0.1) is 13.8 Å². The van der Waals surface area contributed by atoms with Crippen molar-refractivity contribution in [3.05, 3.63) is 88.1 Å². The number of pyridine rings is 1. The molecule has 0 atom stereocenters.